The van der Waals surface area contributed by atoms with Gasteiger partial charge < -0.3 is 11.1 Å². The molecule has 0 saturated heterocycles. The van der Waals surface area contributed by atoms with Gasteiger partial charge in [0.05, 0.1) is 5.00 Å². The number of hydrogen-bond acceptors (Lipinski definition) is 3. The van der Waals surface area contributed by atoms with Gasteiger partial charge in [0.15, 0.2) is 0 Å². The van der Waals surface area contributed by atoms with E-state index < -0.39 is 0 Å². The molecule has 0 aliphatic rings. The Bertz CT molecular complexity index is 260. The SMILES string of the molecule is Cc1ccsc1NCCC(C)(C)N. The van der Waals surface area contributed by atoms with Crippen LogP contribution < -0.4 is 11.1 Å². The second kappa shape index (κ2) is 4.11. The van der Waals surface area contributed by atoms with Crippen molar-refractivity contribution < 1.29 is 0 Å². The van der Waals surface area contributed by atoms with Gasteiger partial charge in [0, 0.05) is 12.1 Å². The molecule has 0 amide bonds. The summed E-state index contributed by atoms with van der Waals surface area (Å²) in [6.45, 7) is 7.17. The zero-order valence-corrected chi connectivity index (χ0v) is 9.37. The van der Waals surface area contributed by atoms with E-state index in [0.717, 1.165) is 13.0 Å². The van der Waals surface area contributed by atoms with E-state index in [1.165, 1.54) is 10.6 Å². The number of hydrogen-bond donors (Lipinski definition) is 2. The Hall–Kier alpha value is -0.540. The van der Waals surface area contributed by atoms with Gasteiger partial charge in [0.1, 0.15) is 0 Å². The molecule has 0 unspecified atom stereocenters. The van der Waals surface area contributed by atoms with Gasteiger partial charge in [0.2, 0.25) is 0 Å². The summed E-state index contributed by atoms with van der Waals surface area (Å²) in [6.07, 6.45) is 0.990. The zero-order valence-electron chi connectivity index (χ0n) is 8.55. The molecule has 0 aliphatic carbocycles. The van der Waals surface area contributed by atoms with Crippen LogP contribution in [0.4, 0.5) is 5.00 Å². The molecule has 0 fully saturated rings. The lowest BCUT2D eigenvalue weighted by atomic mass is 10.0. The van der Waals surface area contributed by atoms with E-state index in [4.69, 9.17) is 5.73 Å². The summed E-state index contributed by atoms with van der Waals surface area (Å²) < 4.78 is 0. The predicted octanol–water partition coefficient (Wildman–Crippen LogP) is 2.60. The highest BCUT2D eigenvalue weighted by Crippen LogP contribution is 2.21. The molecular formula is C10H18N2S. The van der Waals surface area contributed by atoms with Crippen LogP contribution in [-0.2, 0) is 0 Å². The molecule has 0 bridgehead atoms. The van der Waals surface area contributed by atoms with Crippen molar-refractivity contribution in [2.45, 2.75) is 32.7 Å². The van der Waals surface area contributed by atoms with Crippen molar-refractivity contribution in [3.8, 4) is 0 Å². The molecule has 0 aromatic carbocycles. The van der Waals surface area contributed by atoms with Crippen LogP contribution in [0.3, 0.4) is 0 Å². The van der Waals surface area contributed by atoms with Crippen LogP contribution in [0, 0.1) is 6.92 Å². The monoisotopic (exact) mass is 198 g/mol. The quantitative estimate of drug-likeness (QED) is 0.780. The largest absolute Gasteiger partial charge is 0.377 e. The summed E-state index contributed by atoms with van der Waals surface area (Å²) in [5, 5.41) is 6.76. The molecule has 1 aromatic heterocycles. The van der Waals surface area contributed by atoms with Crippen molar-refractivity contribution in [3.63, 3.8) is 0 Å². The standard InChI is InChI=1S/C10H18N2S/c1-8-4-7-13-9(8)12-6-5-10(2,3)11/h4,7,12H,5-6,11H2,1-3H3. The minimum atomic E-state index is -0.0713. The topological polar surface area (TPSA) is 38.0 Å². The lowest BCUT2D eigenvalue weighted by molar-refractivity contribution is 0.491. The fourth-order valence-electron chi connectivity index (χ4n) is 1.05. The molecule has 2 nitrogen and oxygen atoms in total. The third-order valence-electron chi connectivity index (χ3n) is 1.92. The normalized spacial score (nSPS) is 11.7. The highest BCUT2D eigenvalue weighted by molar-refractivity contribution is 7.14. The van der Waals surface area contributed by atoms with Gasteiger partial charge in [-0.25, -0.2) is 0 Å². The van der Waals surface area contributed by atoms with Gasteiger partial charge in [-0.05, 0) is 44.2 Å². The molecule has 0 atom stereocenters. The van der Waals surface area contributed by atoms with Crippen molar-refractivity contribution in [3.05, 3.63) is 17.0 Å². The van der Waals surface area contributed by atoms with E-state index in [2.05, 4.69) is 37.5 Å². The Morgan fingerprint density at radius 1 is 1.54 bits per heavy atom. The van der Waals surface area contributed by atoms with Crippen LogP contribution in [-0.4, -0.2) is 12.1 Å². The Labute approximate surface area is 84.2 Å². The fraction of sp³-hybridized carbons (Fsp3) is 0.600. The average Bonchev–Trinajstić information content (AvgIpc) is 2.34. The molecule has 0 aliphatic heterocycles. The third-order valence-corrected chi connectivity index (χ3v) is 2.89. The number of anilines is 1. The molecule has 0 radical (unpaired) electrons. The lowest BCUT2D eigenvalue weighted by Crippen LogP contribution is -2.34. The van der Waals surface area contributed by atoms with E-state index in [9.17, 15) is 0 Å². The molecular weight excluding hydrogens is 180 g/mol. The smallest absolute Gasteiger partial charge is 0.0912 e. The minimum absolute atomic E-state index is 0.0713. The molecule has 1 rings (SSSR count). The van der Waals surface area contributed by atoms with Crippen molar-refractivity contribution >= 4 is 16.3 Å². The van der Waals surface area contributed by atoms with Crippen molar-refractivity contribution in [1.82, 2.24) is 0 Å². The van der Waals surface area contributed by atoms with Gasteiger partial charge in [-0.15, -0.1) is 11.3 Å². The molecule has 13 heavy (non-hydrogen) atoms. The van der Waals surface area contributed by atoms with Crippen molar-refractivity contribution in [1.29, 1.82) is 0 Å². The number of thiophene rings is 1. The summed E-state index contributed by atoms with van der Waals surface area (Å²) in [5.74, 6) is 0. The van der Waals surface area contributed by atoms with E-state index in [0.29, 0.717) is 0 Å². The van der Waals surface area contributed by atoms with E-state index >= 15 is 0 Å². The first-order chi connectivity index (χ1) is 5.99. The maximum Gasteiger partial charge on any atom is 0.0912 e. The highest BCUT2D eigenvalue weighted by atomic mass is 32.1. The Morgan fingerprint density at radius 2 is 2.23 bits per heavy atom. The van der Waals surface area contributed by atoms with Crippen LogP contribution in [0.2, 0.25) is 0 Å². The van der Waals surface area contributed by atoms with Crippen LogP contribution >= 0.6 is 11.3 Å². The number of nitrogens with one attached hydrogen (secondary N) is 1. The molecule has 74 valence electrons. The fourth-order valence-corrected chi connectivity index (χ4v) is 1.90. The third kappa shape index (κ3) is 3.79. The van der Waals surface area contributed by atoms with Gasteiger partial charge in [-0.3, -0.25) is 0 Å². The highest BCUT2D eigenvalue weighted by Gasteiger charge is 2.09. The second-order valence-electron chi connectivity index (χ2n) is 4.10. The summed E-state index contributed by atoms with van der Waals surface area (Å²) >= 11 is 1.75. The molecule has 3 N–H and O–H groups in total. The molecule has 0 saturated carbocycles. The molecule has 1 aromatic rings. The summed E-state index contributed by atoms with van der Waals surface area (Å²) in [4.78, 5) is 0. The van der Waals surface area contributed by atoms with Gasteiger partial charge in [0.25, 0.3) is 0 Å². The maximum absolute atomic E-state index is 5.88. The number of rotatable bonds is 4. The summed E-state index contributed by atoms with van der Waals surface area (Å²) in [5.41, 5.74) is 7.12. The Kier molecular flexibility index (Phi) is 3.33. The first kappa shape index (κ1) is 10.5. The van der Waals surface area contributed by atoms with Gasteiger partial charge >= 0.3 is 0 Å². The van der Waals surface area contributed by atoms with Crippen molar-refractivity contribution in [2.24, 2.45) is 5.73 Å². The van der Waals surface area contributed by atoms with Crippen LogP contribution in [0.15, 0.2) is 11.4 Å². The first-order valence-electron chi connectivity index (χ1n) is 4.56. The zero-order chi connectivity index (χ0) is 9.90. The van der Waals surface area contributed by atoms with Gasteiger partial charge in [-0.1, -0.05) is 0 Å². The molecule has 0 spiro atoms. The molecule has 3 heteroatoms. The van der Waals surface area contributed by atoms with Gasteiger partial charge in [-0.2, -0.15) is 0 Å². The van der Waals surface area contributed by atoms with Crippen LogP contribution in [0.5, 0.6) is 0 Å². The Balaban J connectivity index is 2.32. The van der Waals surface area contributed by atoms with E-state index in [-0.39, 0.29) is 5.54 Å². The maximum atomic E-state index is 5.88. The second-order valence-corrected chi connectivity index (χ2v) is 5.01. The van der Waals surface area contributed by atoms with Crippen LogP contribution in [0.1, 0.15) is 25.8 Å². The van der Waals surface area contributed by atoms with E-state index in [1.54, 1.807) is 11.3 Å². The lowest BCUT2D eigenvalue weighted by Gasteiger charge is -2.18. The van der Waals surface area contributed by atoms with Crippen LogP contribution in [0.25, 0.3) is 0 Å². The summed E-state index contributed by atoms with van der Waals surface area (Å²) in [7, 11) is 0. The van der Waals surface area contributed by atoms with E-state index in [1.807, 2.05) is 0 Å². The number of aryl methyl sites for hydroxylation is 1. The predicted molar refractivity (Wildman–Crippen MR) is 60.4 cm³/mol. The first-order valence-corrected chi connectivity index (χ1v) is 5.44. The molecule has 1 heterocycles. The summed E-state index contributed by atoms with van der Waals surface area (Å²) in [6, 6.07) is 2.13. The van der Waals surface area contributed by atoms with Crippen molar-refractivity contribution in [2.75, 3.05) is 11.9 Å². The minimum Gasteiger partial charge on any atom is -0.377 e. The Morgan fingerprint density at radius 3 is 2.69 bits per heavy atom. The number of nitrogens with two attached hydrogens (primary N) is 1. The average molecular weight is 198 g/mol.